The fourth-order valence-electron chi connectivity index (χ4n) is 1.53. The molecule has 2 aromatic rings. The van der Waals surface area contributed by atoms with Crippen LogP contribution >= 0.6 is 15.9 Å². The summed E-state index contributed by atoms with van der Waals surface area (Å²) in [7, 11) is -4.24. The summed E-state index contributed by atoms with van der Waals surface area (Å²) in [5, 5.41) is 8.21. The Bertz CT molecular complexity index is 811. The molecule has 0 fully saturated rings. The molecule has 110 valence electrons. The normalized spacial score (nSPS) is 11.1. The molecule has 6 nitrogen and oxygen atoms in total. The predicted molar refractivity (Wildman–Crippen MR) is 76.1 cm³/mol. The summed E-state index contributed by atoms with van der Waals surface area (Å²) in [5.74, 6) is -2.23. The van der Waals surface area contributed by atoms with E-state index >= 15 is 0 Å². The summed E-state index contributed by atoms with van der Waals surface area (Å²) >= 11 is 3.04. The second-order valence-corrected chi connectivity index (χ2v) is 6.35. The summed E-state index contributed by atoms with van der Waals surface area (Å²) in [5.41, 5.74) is -0.141. The quantitative estimate of drug-likeness (QED) is 0.856. The molecule has 1 heterocycles. The first-order chi connectivity index (χ1) is 9.81. The van der Waals surface area contributed by atoms with Crippen molar-refractivity contribution in [3.8, 4) is 0 Å². The van der Waals surface area contributed by atoms with Crippen LogP contribution in [0.5, 0.6) is 0 Å². The summed E-state index contributed by atoms with van der Waals surface area (Å²) in [6, 6.07) is 6.05. The zero-order valence-electron chi connectivity index (χ0n) is 10.2. The lowest BCUT2D eigenvalue weighted by molar-refractivity contribution is 0.0696. The maximum Gasteiger partial charge on any atom is 0.336 e. The van der Waals surface area contributed by atoms with Gasteiger partial charge in [-0.05, 0) is 46.3 Å². The van der Waals surface area contributed by atoms with Crippen LogP contribution in [0.15, 0.2) is 46.0 Å². The molecule has 0 atom stereocenters. The van der Waals surface area contributed by atoms with Crippen LogP contribution in [0.2, 0.25) is 0 Å². The van der Waals surface area contributed by atoms with Gasteiger partial charge in [0.25, 0.3) is 10.0 Å². The first-order valence-electron chi connectivity index (χ1n) is 5.47. The third kappa shape index (κ3) is 3.37. The summed E-state index contributed by atoms with van der Waals surface area (Å²) in [6.07, 6.45) is 1.14. The molecule has 0 spiro atoms. The lowest BCUT2D eigenvalue weighted by atomic mass is 10.2. The number of aromatic carboxylic acids is 1. The van der Waals surface area contributed by atoms with Crippen molar-refractivity contribution in [1.29, 1.82) is 0 Å². The molecule has 21 heavy (non-hydrogen) atoms. The van der Waals surface area contributed by atoms with E-state index in [0.29, 0.717) is 4.47 Å². The summed E-state index contributed by atoms with van der Waals surface area (Å²) in [6.45, 7) is 0. The van der Waals surface area contributed by atoms with E-state index in [1.54, 1.807) is 0 Å². The summed E-state index contributed by atoms with van der Waals surface area (Å²) in [4.78, 5) is 14.5. The average Bonchev–Trinajstić information content (AvgIpc) is 2.40. The number of carboxylic acids is 1. The van der Waals surface area contributed by atoms with E-state index in [1.807, 2.05) is 0 Å². The van der Waals surface area contributed by atoms with E-state index < -0.39 is 26.8 Å². The number of pyridine rings is 1. The van der Waals surface area contributed by atoms with E-state index in [9.17, 15) is 17.6 Å². The van der Waals surface area contributed by atoms with Gasteiger partial charge in [0.15, 0.2) is 5.82 Å². The largest absolute Gasteiger partial charge is 0.478 e. The molecule has 1 aromatic carbocycles. The number of aromatic nitrogens is 1. The van der Waals surface area contributed by atoms with Crippen molar-refractivity contribution in [2.24, 2.45) is 0 Å². The van der Waals surface area contributed by atoms with Gasteiger partial charge in [0, 0.05) is 16.4 Å². The second kappa shape index (κ2) is 5.78. The maximum atomic E-state index is 13.5. The van der Waals surface area contributed by atoms with Crippen LogP contribution in [0, 0.1) is 5.82 Å². The van der Waals surface area contributed by atoms with Crippen LogP contribution in [-0.2, 0) is 10.0 Å². The van der Waals surface area contributed by atoms with Crippen molar-refractivity contribution in [3.05, 3.63) is 52.4 Å². The number of benzene rings is 1. The molecule has 0 aliphatic rings. The molecule has 0 unspecified atom stereocenters. The van der Waals surface area contributed by atoms with Gasteiger partial charge in [-0.25, -0.2) is 14.2 Å². The minimum atomic E-state index is -4.24. The smallest absolute Gasteiger partial charge is 0.336 e. The van der Waals surface area contributed by atoms with E-state index in [4.69, 9.17) is 5.11 Å². The van der Waals surface area contributed by atoms with Crippen molar-refractivity contribution >= 4 is 37.6 Å². The zero-order chi connectivity index (χ0) is 15.6. The number of carboxylic acid groups (broad SMARTS) is 1. The Balaban J connectivity index is 2.40. The van der Waals surface area contributed by atoms with Gasteiger partial charge in [0.1, 0.15) is 0 Å². The van der Waals surface area contributed by atoms with E-state index in [-0.39, 0.29) is 11.3 Å². The topological polar surface area (TPSA) is 96.4 Å². The van der Waals surface area contributed by atoms with Crippen molar-refractivity contribution in [1.82, 2.24) is 4.98 Å². The Morgan fingerprint density at radius 2 is 2.05 bits per heavy atom. The molecule has 0 amide bonds. The highest BCUT2D eigenvalue weighted by Gasteiger charge is 2.21. The van der Waals surface area contributed by atoms with Crippen molar-refractivity contribution in [3.63, 3.8) is 0 Å². The fourth-order valence-corrected chi connectivity index (χ4v) is 3.00. The molecule has 0 aliphatic carbocycles. The predicted octanol–water partition coefficient (Wildman–Crippen LogP) is 2.48. The Kier molecular flexibility index (Phi) is 4.24. The second-order valence-electron chi connectivity index (χ2n) is 3.90. The van der Waals surface area contributed by atoms with Gasteiger partial charge in [0.2, 0.25) is 5.03 Å². The lowest BCUT2D eigenvalue weighted by Gasteiger charge is -2.09. The standard InChI is InChI=1S/C12H8BrFN2O4S/c13-9-4-3-7(6-8(9)12(17)18)16-21(19,20)11-10(14)2-1-5-15-11/h1-6,16H,(H,17,18). The molecule has 2 N–H and O–H groups in total. The molecule has 0 saturated carbocycles. The molecular weight excluding hydrogens is 367 g/mol. The van der Waals surface area contributed by atoms with E-state index in [0.717, 1.165) is 18.3 Å². The number of rotatable bonds is 4. The third-order valence-electron chi connectivity index (χ3n) is 2.43. The van der Waals surface area contributed by atoms with Gasteiger partial charge in [-0.2, -0.15) is 8.42 Å². The third-order valence-corrected chi connectivity index (χ3v) is 4.43. The minimum Gasteiger partial charge on any atom is -0.478 e. The number of hydrogen-bond donors (Lipinski definition) is 2. The first kappa shape index (κ1) is 15.4. The number of carbonyl (C=O) groups is 1. The number of anilines is 1. The maximum absolute atomic E-state index is 13.5. The van der Waals surface area contributed by atoms with Crippen LogP contribution < -0.4 is 4.72 Å². The Morgan fingerprint density at radius 1 is 1.33 bits per heavy atom. The molecule has 2 rings (SSSR count). The lowest BCUT2D eigenvalue weighted by Crippen LogP contribution is -2.16. The van der Waals surface area contributed by atoms with Crippen molar-refractivity contribution in [2.45, 2.75) is 5.03 Å². The molecule has 0 bridgehead atoms. The molecule has 9 heteroatoms. The van der Waals surface area contributed by atoms with Crippen LogP contribution in [0.1, 0.15) is 10.4 Å². The van der Waals surface area contributed by atoms with Gasteiger partial charge >= 0.3 is 5.97 Å². The Morgan fingerprint density at radius 3 is 2.67 bits per heavy atom. The summed E-state index contributed by atoms with van der Waals surface area (Å²) < 4.78 is 39.9. The molecule has 0 saturated heterocycles. The number of hydrogen-bond acceptors (Lipinski definition) is 4. The highest BCUT2D eigenvalue weighted by atomic mass is 79.9. The van der Waals surface area contributed by atoms with Gasteiger partial charge < -0.3 is 5.11 Å². The van der Waals surface area contributed by atoms with Crippen molar-refractivity contribution < 1.29 is 22.7 Å². The Labute approximate surface area is 127 Å². The number of nitrogens with zero attached hydrogens (tertiary/aromatic N) is 1. The Hall–Kier alpha value is -2.00. The van der Waals surface area contributed by atoms with Gasteiger partial charge in [-0.15, -0.1) is 0 Å². The highest BCUT2D eigenvalue weighted by Crippen LogP contribution is 2.23. The number of sulfonamides is 1. The van der Waals surface area contributed by atoms with Crippen LogP contribution in [-0.4, -0.2) is 24.5 Å². The molecule has 0 aliphatic heterocycles. The monoisotopic (exact) mass is 374 g/mol. The van der Waals surface area contributed by atoms with E-state index in [1.165, 1.54) is 18.2 Å². The number of nitrogens with one attached hydrogen (secondary N) is 1. The SMILES string of the molecule is O=C(O)c1cc(NS(=O)(=O)c2ncccc2F)ccc1Br. The van der Waals surface area contributed by atoms with Crippen LogP contribution in [0.25, 0.3) is 0 Å². The first-order valence-corrected chi connectivity index (χ1v) is 7.75. The van der Waals surface area contributed by atoms with Crippen LogP contribution in [0.4, 0.5) is 10.1 Å². The van der Waals surface area contributed by atoms with Gasteiger partial charge in [-0.3, -0.25) is 4.72 Å². The van der Waals surface area contributed by atoms with E-state index in [2.05, 4.69) is 25.6 Å². The minimum absolute atomic E-state index is 0.0133. The van der Waals surface area contributed by atoms with Gasteiger partial charge in [-0.1, -0.05) is 0 Å². The van der Waals surface area contributed by atoms with Gasteiger partial charge in [0.05, 0.1) is 5.56 Å². The van der Waals surface area contributed by atoms with Crippen molar-refractivity contribution in [2.75, 3.05) is 4.72 Å². The zero-order valence-corrected chi connectivity index (χ0v) is 12.6. The van der Waals surface area contributed by atoms with Crippen LogP contribution in [0.3, 0.4) is 0 Å². The molecular formula is C12H8BrFN2O4S. The average molecular weight is 375 g/mol. The molecule has 1 aromatic heterocycles. The number of halogens is 2. The molecule has 0 radical (unpaired) electrons. The highest BCUT2D eigenvalue weighted by molar-refractivity contribution is 9.10. The fraction of sp³-hybridized carbons (Fsp3) is 0.